The predicted octanol–water partition coefficient (Wildman–Crippen LogP) is 5.71. The highest BCUT2D eigenvalue weighted by Gasteiger charge is 2.26. The summed E-state index contributed by atoms with van der Waals surface area (Å²) in [5.41, 5.74) is 3.44. The lowest BCUT2D eigenvalue weighted by atomic mass is 9.89. The van der Waals surface area contributed by atoms with Gasteiger partial charge in [0.25, 0.3) is 5.91 Å². The van der Waals surface area contributed by atoms with Gasteiger partial charge in [-0.25, -0.2) is 0 Å². The molecule has 1 amide bonds. The van der Waals surface area contributed by atoms with E-state index in [1.807, 2.05) is 12.1 Å². The van der Waals surface area contributed by atoms with Crippen molar-refractivity contribution in [3.8, 4) is 0 Å². The SMILES string of the molecule is O=C(NC1CCN(C(I)c2ccccc2)CC1)c1ccc(CN2CCN(CC3CCCCC3)CC2)cc1. The van der Waals surface area contributed by atoms with E-state index in [9.17, 15) is 4.79 Å². The molecule has 2 aliphatic heterocycles. The number of hydrogen-bond acceptors (Lipinski definition) is 4. The van der Waals surface area contributed by atoms with Crippen LogP contribution < -0.4 is 5.32 Å². The molecule has 5 rings (SSSR count). The van der Waals surface area contributed by atoms with Gasteiger partial charge in [0.15, 0.2) is 0 Å². The summed E-state index contributed by atoms with van der Waals surface area (Å²) in [5.74, 6) is 0.999. The molecule has 6 heteroatoms. The van der Waals surface area contributed by atoms with Gasteiger partial charge in [-0.15, -0.1) is 0 Å². The number of carbonyl (C=O) groups excluding carboxylic acids is 1. The number of piperazine rings is 1. The molecule has 2 saturated heterocycles. The summed E-state index contributed by atoms with van der Waals surface area (Å²) in [6.07, 6.45) is 9.19. The van der Waals surface area contributed by atoms with Crippen molar-refractivity contribution in [1.29, 1.82) is 0 Å². The van der Waals surface area contributed by atoms with E-state index < -0.39 is 0 Å². The zero-order chi connectivity index (χ0) is 25.5. The van der Waals surface area contributed by atoms with Gasteiger partial charge >= 0.3 is 0 Å². The number of piperidine rings is 1. The van der Waals surface area contributed by atoms with Crippen LogP contribution in [0.2, 0.25) is 0 Å². The minimum Gasteiger partial charge on any atom is -0.349 e. The zero-order valence-electron chi connectivity index (χ0n) is 22.2. The Balaban J connectivity index is 1.02. The normalized spacial score (nSPS) is 22.1. The summed E-state index contributed by atoms with van der Waals surface area (Å²) in [7, 11) is 0. The number of rotatable bonds is 8. The minimum atomic E-state index is 0.0652. The third-order valence-corrected chi connectivity index (χ3v) is 10.1. The third kappa shape index (κ3) is 7.78. The standard InChI is InChI=1S/C31H43IN4O/c32-30(27-9-5-2-6-10-27)36-17-15-29(16-18-36)33-31(37)28-13-11-26(12-14-28)24-35-21-19-34(20-22-35)23-25-7-3-1-4-8-25/h2,5-6,9-14,25,29-30H,1,3-4,7-8,15-24H2,(H,33,37). The van der Waals surface area contributed by atoms with Gasteiger partial charge in [0.1, 0.15) is 0 Å². The van der Waals surface area contributed by atoms with Crippen molar-refractivity contribution in [1.82, 2.24) is 20.0 Å². The van der Waals surface area contributed by atoms with E-state index in [1.54, 1.807) is 0 Å². The van der Waals surface area contributed by atoms with Crippen LogP contribution in [0, 0.1) is 5.92 Å². The number of halogens is 1. The Morgan fingerprint density at radius 1 is 0.811 bits per heavy atom. The molecule has 37 heavy (non-hydrogen) atoms. The molecule has 5 nitrogen and oxygen atoms in total. The van der Waals surface area contributed by atoms with Gasteiger partial charge in [0.2, 0.25) is 0 Å². The Morgan fingerprint density at radius 3 is 2.14 bits per heavy atom. The van der Waals surface area contributed by atoms with E-state index in [2.05, 4.69) is 85.1 Å². The summed E-state index contributed by atoms with van der Waals surface area (Å²) in [5, 5.41) is 3.29. The summed E-state index contributed by atoms with van der Waals surface area (Å²) in [6, 6.07) is 19.3. The number of nitrogens with one attached hydrogen (secondary N) is 1. The lowest BCUT2D eigenvalue weighted by Crippen LogP contribution is -2.47. The van der Waals surface area contributed by atoms with Gasteiger partial charge in [-0.1, -0.05) is 84.3 Å². The average Bonchev–Trinajstić information content (AvgIpc) is 2.95. The maximum Gasteiger partial charge on any atom is 0.251 e. The third-order valence-electron chi connectivity index (χ3n) is 8.59. The second-order valence-corrected chi connectivity index (χ2v) is 12.5. The first-order valence-electron chi connectivity index (χ1n) is 14.4. The molecule has 2 aromatic carbocycles. The van der Waals surface area contributed by atoms with Crippen molar-refractivity contribution in [2.45, 2.75) is 61.6 Å². The Bertz CT molecular complexity index is 962. The molecule has 0 aromatic heterocycles. The molecular weight excluding hydrogens is 571 g/mol. The summed E-state index contributed by atoms with van der Waals surface area (Å²) in [6.45, 7) is 9.00. The number of likely N-dealkylation sites (tertiary alicyclic amines) is 1. The maximum absolute atomic E-state index is 12.9. The summed E-state index contributed by atoms with van der Waals surface area (Å²) >= 11 is 2.54. The molecule has 2 aromatic rings. The number of carbonyl (C=O) groups is 1. The first-order valence-corrected chi connectivity index (χ1v) is 15.7. The van der Waals surface area contributed by atoms with Crippen LogP contribution in [0.5, 0.6) is 0 Å². The van der Waals surface area contributed by atoms with Crippen LogP contribution in [0.4, 0.5) is 0 Å². The van der Waals surface area contributed by atoms with Crippen LogP contribution in [0.25, 0.3) is 0 Å². The lowest BCUT2D eigenvalue weighted by Gasteiger charge is -2.37. The second-order valence-electron chi connectivity index (χ2n) is 11.3. The van der Waals surface area contributed by atoms with Gasteiger partial charge in [0.05, 0.1) is 4.05 Å². The van der Waals surface area contributed by atoms with Gasteiger partial charge in [-0.3, -0.25) is 14.6 Å². The largest absolute Gasteiger partial charge is 0.349 e. The molecular formula is C31H43IN4O. The molecule has 3 aliphatic rings. The van der Waals surface area contributed by atoms with Gasteiger partial charge < -0.3 is 10.2 Å². The molecule has 1 aliphatic carbocycles. The van der Waals surface area contributed by atoms with Crippen molar-refractivity contribution < 1.29 is 4.79 Å². The van der Waals surface area contributed by atoms with E-state index in [-0.39, 0.29) is 11.9 Å². The lowest BCUT2D eigenvalue weighted by molar-refractivity contribution is 0.0909. The van der Waals surface area contributed by atoms with Crippen molar-refractivity contribution in [2.24, 2.45) is 5.92 Å². The van der Waals surface area contributed by atoms with Crippen LogP contribution >= 0.6 is 22.6 Å². The topological polar surface area (TPSA) is 38.8 Å². The van der Waals surface area contributed by atoms with Crippen LogP contribution in [-0.2, 0) is 6.54 Å². The molecule has 1 unspecified atom stereocenters. The fourth-order valence-electron chi connectivity index (χ4n) is 6.25. The van der Waals surface area contributed by atoms with E-state index in [0.717, 1.165) is 57.0 Å². The van der Waals surface area contributed by atoms with Crippen molar-refractivity contribution in [3.63, 3.8) is 0 Å². The molecule has 0 spiro atoms. The molecule has 1 saturated carbocycles. The van der Waals surface area contributed by atoms with Crippen molar-refractivity contribution >= 4 is 28.5 Å². The minimum absolute atomic E-state index is 0.0652. The Hall–Kier alpha value is -1.48. The highest BCUT2D eigenvalue weighted by atomic mass is 127. The Labute approximate surface area is 237 Å². The van der Waals surface area contributed by atoms with Gasteiger partial charge in [0, 0.05) is 64.0 Å². The number of hydrogen-bond donors (Lipinski definition) is 1. The molecule has 0 bridgehead atoms. The predicted molar refractivity (Wildman–Crippen MR) is 160 cm³/mol. The molecule has 200 valence electrons. The van der Waals surface area contributed by atoms with E-state index in [4.69, 9.17) is 0 Å². The van der Waals surface area contributed by atoms with Crippen LogP contribution in [0.15, 0.2) is 54.6 Å². The quantitative estimate of drug-likeness (QED) is 0.235. The van der Waals surface area contributed by atoms with E-state index in [1.165, 1.54) is 62.9 Å². The van der Waals surface area contributed by atoms with Gasteiger partial charge in [-0.05, 0) is 54.9 Å². The molecule has 3 fully saturated rings. The van der Waals surface area contributed by atoms with E-state index in [0.29, 0.717) is 4.05 Å². The average molecular weight is 615 g/mol. The Morgan fingerprint density at radius 2 is 1.46 bits per heavy atom. The number of amides is 1. The first kappa shape index (κ1) is 27.1. The fourth-order valence-corrected chi connectivity index (χ4v) is 7.22. The highest BCUT2D eigenvalue weighted by Crippen LogP contribution is 2.30. The molecule has 2 heterocycles. The first-order chi connectivity index (χ1) is 18.1. The smallest absolute Gasteiger partial charge is 0.251 e. The highest BCUT2D eigenvalue weighted by molar-refractivity contribution is 14.1. The summed E-state index contributed by atoms with van der Waals surface area (Å²) < 4.78 is 0.392. The molecule has 0 radical (unpaired) electrons. The van der Waals surface area contributed by atoms with Crippen LogP contribution in [0.3, 0.4) is 0 Å². The van der Waals surface area contributed by atoms with Crippen molar-refractivity contribution in [2.75, 3.05) is 45.8 Å². The van der Waals surface area contributed by atoms with E-state index >= 15 is 0 Å². The van der Waals surface area contributed by atoms with Gasteiger partial charge in [-0.2, -0.15) is 0 Å². The number of alkyl halides is 1. The van der Waals surface area contributed by atoms with Crippen LogP contribution in [0.1, 0.15) is 70.5 Å². The monoisotopic (exact) mass is 614 g/mol. The van der Waals surface area contributed by atoms with Crippen molar-refractivity contribution in [3.05, 3.63) is 71.3 Å². The molecule has 1 atom stereocenters. The molecule has 1 N–H and O–H groups in total. The van der Waals surface area contributed by atoms with Crippen LogP contribution in [-0.4, -0.2) is 72.5 Å². The Kier molecular flexibility index (Phi) is 9.92. The zero-order valence-corrected chi connectivity index (χ0v) is 24.3. The maximum atomic E-state index is 12.9. The summed E-state index contributed by atoms with van der Waals surface area (Å²) in [4.78, 5) is 20.7. The number of benzene rings is 2. The number of nitrogens with zero attached hydrogens (tertiary/aromatic N) is 3. The fraction of sp³-hybridized carbons (Fsp3) is 0.581. The second kappa shape index (κ2) is 13.5.